The standard InChI is InChI=1S/C16H9F3O2S/c17-16(18,19)12-4-1-9(2-5-12)10-3-6-13-11(7-10)8-14(22-13)15(20)21/h1-8H,(H,20,21). The van der Waals surface area contributed by atoms with Crippen molar-refractivity contribution in [2.45, 2.75) is 6.18 Å². The summed E-state index contributed by atoms with van der Waals surface area (Å²) in [6.45, 7) is 0. The highest BCUT2D eigenvalue weighted by Gasteiger charge is 2.29. The van der Waals surface area contributed by atoms with Crippen LogP contribution in [-0.4, -0.2) is 11.1 Å². The molecule has 0 atom stereocenters. The SMILES string of the molecule is O=C(O)c1cc2cc(-c3ccc(C(F)(F)F)cc3)ccc2s1. The lowest BCUT2D eigenvalue weighted by molar-refractivity contribution is -0.137. The number of alkyl halides is 3. The number of halogens is 3. The molecule has 2 aromatic carbocycles. The van der Waals surface area contributed by atoms with Crippen molar-refractivity contribution in [3.8, 4) is 11.1 Å². The van der Waals surface area contributed by atoms with Gasteiger partial charge in [-0.15, -0.1) is 11.3 Å². The molecule has 0 fully saturated rings. The van der Waals surface area contributed by atoms with Crippen molar-refractivity contribution in [1.29, 1.82) is 0 Å². The number of carbonyl (C=O) groups is 1. The molecule has 3 aromatic rings. The number of benzene rings is 2. The second-order valence-corrected chi connectivity index (χ2v) is 5.83. The van der Waals surface area contributed by atoms with Crippen LogP contribution >= 0.6 is 11.3 Å². The van der Waals surface area contributed by atoms with Crippen LogP contribution in [0.4, 0.5) is 13.2 Å². The van der Waals surface area contributed by atoms with Gasteiger partial charge in [-0.2, -0.15) is 13.2 Å². The molecule has 0 aliphatic carbocycles. The number of hydrogen-bond donors (Lipinski definition) is 1. The summed E-state index contributed by atoms with van der Waals surface area (Å²) in [5.74, 6) is -0.989. The second kappa shape index (κ2) is 5.14. The zero-order chi connectivity index (χ0) is 15.9. The third kappa shape index (κ3) is 2.69. The molecule has 112 valence electrons. The van der Waals surface area contributed by atoms with Gasteiger partial charge in [0.05, 0.1) is 5.56 Å². The van der Waals surface area contributed by atoms with E-state index >= 15 is 0 Å². The topological polar surface area (TPSA) is 37.3 Å². The van der Waals surface area contributed by atoms with E-state index in [0.29, 0.717) is 5.56 Å². The van der Waals surface area contributed by atoms with Crippen LogP contribution in [0.2, 0.25) is 0 Å². The Labute approximate surface area is 127 Å². The van der Waals surface area contributed by atoms with Gasteiger partial charge in [0.15, 0.2) is 0 Å². The summed E-state index contributed by atoms with van der Waals surface area (Å²) in [5.41, 5.74) is 0.704. The normalized spacial score (nSPS) is 11.8. The number of thiophene rings is 1. The number of carboxylic acid groups (broad SMARTS) is 1. The van der Waals surface area contributed by atoms with E-state index in [0.717, 1.165) is 27.8 Å². The molecule has 1 heterocycles. The minimum Gasteiger partial charge on any atom is -0.477 e. The summed E-state index contributed by atoms with van der Waals surface area (Å²) < 4.78 is 38.5. The summed E-state index contributed by atoms with van der Waals surface area (Å²) in [7, 11) is 0. The fraction of sp³-hybridized carbons (Fsp3) is 0.0625. The summed E-state index contributed by atoms with van der Waals surface area (Å²) in [6, 6.07) is 11.8. The molecule has 6 heteroatoms. The van der Waals surface area contributed by atoms with E-state index in [1.54, 1.807) is 24.3 Å². The van der Waals surface area contributed by atoms with E-state index in [4.69, 9.17) is 5.11 Å². The van der Waals surface area contributed by atoms with Crippen LogP contribution in [0.1, 0.15) is 15.2 Å². The van der Waals surface area contributed by atoms with Crippen molar-refractivity contribution in [3.05, 3.63) is 59.0 Å². The number of fused-ring (bicyclic) bond motifs is 1. The quantitative estimate of drug-likeness (QED) is 0.696. The molecule has 0 radical (unpaired) electrons. The molecule has 0 saturated carbocycles. The fourth-order valence-corrected chi connectivity index (χ4v) is 3.06. The minimum atomic E-state index is -4.35. The van der Waals surface area contributed by atoms with Crippen LogP contribution in [0.15, 0.2) is 48.5 Å². The van der Waals surface area contributed by atoms with Gasteiger partial charge < -0.3 is 5.11 Å². The molecule has 0 unspecified atom stereocenters. The molecule has 0 amide bonds. The molecule has 0 aliphatic heterocycles. The highest BCUT2D eigenvalue weighted by atomic mass is 32.1. The molecule has 0 aliphatic rings. The number of aromatic carboxylic acids is 1. The molecule has 2 nitrogen and oxygen atoms in total. The molecule has 3 rings (SSSR count). The van der Waals surface area contributed by atoms with Gasteiger partial charge in [-0.1, -0.05) is 18.2 Å². The summed E-state index contributed by atoms with van der Waals surface area (Å²) in [6.07, 6.45) is -4.35. The second-order valence-electron chi connectivity index (χ2n) is 4.74. The Bertz CT molecular complexity index is 848. The van der Waals surface area contributed by atoms with Crippen LogP contribution in [0.25, 0.3) is 21.2 Å². The Balaban J connectivity index is 2.01. The van der Waals surface area contributed by atoms with Crippen molar-refractivity contribution in [2.24, 2.45) is 0 Å². The summed E-state index contributed by atoms with van der Waals surface area (Å²) in [5, 5.41) is 9.75. The van der Waals surface area contributed by atoms with E-state index in [1.165, 1.54) is 23.5 Å². The van der Waals surface area contributed by atoms with Crippen molar-refractivity contribution in [2.75, 3.05) is 0 Å². The maximum atomic E-state index is 12.6. The largest absolute Gasteiger partial charge is 0.477 e. The van der Waals surface area contributed by atoms with Crippen LogP contribution in [0, 0.1) is 0 Å². The predicted octanol–water partition coefficient (Wildman–Crippen LogP) is 5.29. The lowest BCUT2D eigenvalue weighted by Gasteiger charge is -2.07. The Morgan fingerprint density at radius 1 is 0.955 bits per heavy atom. The van der Waals surface area contributed by atoms with E-state index in [2.05, 4.69) is 0 Å². The van der Waals surface area contributed by atoms with Crippen molar-refractivity contribution in [3.63, 3.8) is 0 Å². The van der Waals surface area contributed by atoms with Crippen LogP contribution < -0.4 is 0 Å². The van der Waals surface area contributed by atoms with E-state index in [1.807, 2.05) is 0 Å². The predicted molar refractivity (Wildman–Crippen MR) is 79.2 cm³/mol. The van der Waals surface area contributed by atoms with E-state index in [9.17, 15) is 18.0 Å². The van der Waals surface area contributed by atoms with Crippen LogP contribution in [0.5, 0.6) is 0 Å². The van der Waals surface area contributed by atoms with E-state index < -0.39 is 17.7 Å². The minimum absolute atomic E-state index is 0.236. The smallest absolute Gasteiger partial charge is 0.416 e. The van der Waals surface area contributed by atoms with Gasteiger partial charge in [0.2, 0.25) is 0 Å². The van der Waals surface area contributed by atoms with Gasteiger partial charge >= 0.3 is 12.1 Å². The van der Waals surface area contributed by atoms with Crippen molar-refractivity contribution in [1.82, 2.24) is 0 Å². The first kappa shape index (κ1) is 14.6. The summed E-state index contributed by atoms with van der Waals surface area (Å²) >= 11 is 1.17. The first-order chi connectivity index (χ1) is 10.3. The Morgan fingerprint density at radius 2 is 1.59 bits per heavy atom. The summed E-state index contributed by atoms with van der Waals surface area (Å²) in [4.78, 5) is 11.2. The Morgan fingerprint density at radius 3 is 2.18 bits per heavy atom. The third-order valence-corrected chi connectivity index (χ3v) is 4.38. The van der Waals surface area contributed by atoms with Gasteiger partial charge in [-0.25, -0.2) is 4.79 Å². The van der Waals surface area contributed by atoms with E-state index in [-0.39, 0.29) is 4.88 Å². The first-order valence-corrected chi connectivity index (χ1v) is 7.11. The Hall–Kier alpha value is -2.34. The molecular weight excluding hydrogens is 313 g/mol. The molecule has 22 heavy (non-hydrogen) atoms. The number of hydrogen-bond acceptors (Lipinski definition) is 2. The van der Waals surface area contributed by atoms with Crippen molar-refractivity contribution >= 4 is 27.4 Å². The van der Waals surface area contributed by atoms with Gasteiger partial charge in [-0.05, 0) is 46.8 Å². The van der Waals surface area contributed by atoms with Crippen molar-refractivity contribution < 1.29 is 23.1 Å². The average Bonchev–Trinajstić information content (AvgIpc) is 2.89. The van der Waals surface area contributed by atoms with Gasteiger partial charge in [0.25, 0.3) is 0 Å². The molecule has 1 N–H and O–H groups in total. The molecule has 0 spiro atoms. The monoisotopic (exact) mass is 322 g/mol. The third-order valence-electron chi connectivity index (χ3n) is 3.27. The lowest BCUT2D eigenvalue weighted by atomic mass is 10.0. The highest BCUT2D eigenvalue weighted by molar-refractivity contribution is 7.20. The maximum Gasteiger partial charge on any atom is 0.416 e. The maximum absolute atomic E-state index is 12.6. The molecule has 0 bridgehead atoms. The number of carboxylic acids is 1. The van der Waals surface area contributed by atoms with Gasteiger partial charge in [0, 0.05) is 4.70 Å². The molecular formula is C16H9F3O2S. The van der Waals surface area contributed by atoms with Gasteiger partial charge in [-0.3, -0.25) is 0 Å². The van der Waals surface area contributed by atoms with Crippen LogP contribution in [-0.2, 0) is 6.18 Å². The van der Waals surface area contributed by atoms with Gasteiger partial charge in [0.1, 0.15) is 4.88 Å². The molecule has 0 saturated heterocycles. The zero-order valence-corrected chi connectivity index (χ0v) is 11.8. The fourth-order valence-electron chi connectivity index (χ4n) is 2.18. The first-order valence-electron chi connectivity index (χ1n) is 6.29. The number of rotatable bonds is 2. The zero-order valence-electron chi connectivity index (χ0n) is 11.0. The lowest BCUT2D eigenvalue weighted by Crippen LogP contribution is -2.03. The Kier molecular flexibility index (Phi) is 3.41. The molecule has 1 aromatic heterocycles. The highest BCUT2D eigenvalue weighted by Crippen LogP contribution is 2.33. The average molecular weight is 322 g/mol. The van der Waals surface area contributed by atoms with Crippen LogP contribution in [0.3, 0.4) is 0 Å².